The van der Waals surface area contributed by atoms with Gasteiger partial charge in [0, 0.05) is 3.92 Å². The lowest BCUT2D eigenvalue weighted by molar-refractivity contribution is -0.0498. The van der Waals surface area contributed by atoms with Crippen LogP contribution in [0.5, 0.6) is 5.75 Å². The number of benzene rings is 1. The SMILES string of the molecule is FC(F)Oc1ccc(C2CCC(CCC3CCC(I)CC3)CC2)cc1. The third kappa shape index (κ3) is 6.07. The Morgan fingerprint density at radius 1 is 0.840 bits per heavy atom. The highest BCUT2D eigenvalue weighted by atomic mass is 127. The maximum Gasteiger partial charge on any atom is 0.387 e. The van der Waals surface area contributed by atoms with Gasteiger partial charge >= 0.3 is 6.61 Å². The monoisotopic (exact) mass is 462 g/mol. The molecule has 0 N–H and O–H groups in total. The van der Waals surface area contributed by atoms with Crippen molar-refractivity contribution in [2.24, 2.45) is 11.8 Å². The molecule has 0 bridgehead atoms. The predicted molar refractivity (Wildman–Crippen MR) is 107 cm³/mol. The van der Waals surface area contributed by atoms with Crippen LogP contribution in [0, 0.1) is 11.8 Å². The van der Waals surface area contributed by atoms with E-state index in [2.05, 4.69) is 27.3 Å². The van der Waals surface area contributed by atoms with Gasteiger partial charge in [0.2, 0.25) is 0 Å². The van der Waals surface area contributed by atoms with Crippen molar-refractivity contribution in [1.29, 1.82) is 0 Å². The fourth-order valence-corrected chi connectivity index (χ4v) is 5.31. The van der Waals surface area contributed by atoms with E-state index < -0.39 is 6.61 Å². The third-order valence-corrected chi connectivity index (χ3v) is 7.43. The van der Waals surface area contributed by atoms with E-state index in [1.165, 1.54) is 69.8 Å². The van der Waals surface area contributed by atoms with Crippen LogP contribution in [0.3, 0.4) is 0 Å². The summed E-state index contributed by atoms with van der Waals surface area (Å²) in [6, 6.07) is 7.28. The van der Waals surface area contributed by atoms with Crippen molar-refractivity contribution in [1.82, 2.24) is 0 Å². The average molecular weight is 462 g/mol. The molecule has 1 nitrogen and oxygen atoms in total. The van der Waals surface area contributed by atoms with Crippen molar-refractivity contribution < 1.29 is 13.5 Å². The summed E-state index contributed by atoms with van der Waals surface area (Å²) in [6.45, 7) is -2.74. The van der Waals surface area contributed by atoms with Gasteiger partial charge in [0.1, 0.15) is 5.75 Å². The molecule has 1 aromatic rings. The minimum Gasteiger partial charge on any atom is -0.435 e. The minimum absolute atomic E-state index is 0.258. The Kier molecular flexibility index (Phi) is 7.38. The lowest BCUT2D eigenvalue weighted by atomic mass is 9.75. The summed E-state index contributed by atoms with van der Waals surface area (Å²) < 4.78 is 29.8. The molecule has 2 aliphatic rings. The summed E-state index contributed by atoms with van der Waals surface area (Å²) >= 11 is 2.61. The van der Waals surface area contributed by atoms with Gasteiger partial charge in [-0.05, 0) is 86.8 Å². The molecule has 140 valence electrons. The van der Waals surface area contributed by atoms with Crippen molar-refractivity contribution in [3.05, 3.63) is 29.8 Å². The van der Waals surface area contributed by atoms with Crippen LogP contribution in [0.1, 0.15) is 75.7 Å². The minimum atomic E-state index is -2.74. The zero-order valence-corrected chi connectivity index (χ0v) is 17.0. The second-order valence-corrected chi connectivity index (χ2v) is 9.62. The van der Waals surface area contributed by atoms with Crippen LogP contribution in [0.25, 0.3) is 0 Å². The molecule has 0 aliphatic heterocycles. The van der Waals surface area contributed by atoms with Crippen LogP contribution < -0.4 is 4.74 Å². The maximum atomic E-state index is 12.2. The number of hydrogen-bond acceptors (Lipinski definition) is 1. The molecule has 4 heteroatoms. The molecule has 0 atom stereocenters. The second kappa shape index (κ2) is 9.52. The number of ether oxygens (including phenoxy) is 1. The molecule has 0 saturated heterocycles. The molecule has 0 unspecified atom stereocenters. The van der Waals surface area contributed by atoms with Gasteiger partial charge in [-0.25, -0.2) is 0 Å². The zero-order valence-electron chi connectivity index (χ0n) is 14.8. The van der Waals surface area contributed by atoms with Gasteiger partial charge in [0.15, 0.2) is 0 Å². The molecular weight excluding hydrogens is 433 g/mol. The van der Waals surface area contributed by atoms with E-state index in [1.807, 2.05) is 12.1 Å². The summed E-state index contributed by atoms with van der Waals surface area (Å²) in [5, 5.41) is 0. The van der Waals surface area contributed by atoms with Crippen molar-refractivity contribution in [2.75, 3.05) is 0 Å². The highest BCUT2D eigenvalue weighted by Crippen LogP contribution is 2.40. The van der Waals surface area contributed by atoms with E-state index >= 15 is 0 Å². The Balaban J connectivity index is 1.39. The van der Waals surface area contributed by atoms with Gasteiger partial charge in [-0.1, -0.05) is 47.6 Å². The van der Waals surface area contributed by atoms with E-state index in [4.69, 9.17) is 0 Å². The molecule has 1 aromatic carbocycles. The number of alkyl halides is 3. The molecule has 0 heterocycles. The Morgan fingerprint density at radius 2 is 1.36 bits per heavy atom. The lowest BCUT2D eigenvalue weighted by Gasteiger charge is -2.31. The first-order chi connectivity index (χ1) is 12.1. The van der Waals surface area contributed by atoms with Gasteiger partial charge in [-0.2, -0.15) is 8.78 Å². The second-order valence-electron chi connectivity index (χ2n) is 7.86. The zero-order chi connectivity index (χ0) is 17.6. The fourth-order valence-electron chi connectivity index (χ4n) is 4.59. The van der Waals surface area contributed by atoms with Crippen LogP contribution >= 0.6 is 22.6 Å². The van der Waals surface area contributed by atoms with Crippen molar-refractivity contribution in [3.63, 3.8) is 0 Å². The quantitative estimate of drug-likeness (QED) is 0.318. The van der Waals surface area contributed by atoms with E-state index in [0.29, 0.717) is 5.92 Å². The lowest BCUT2D eigenvalue weighted by Crippen LogP contribution is -2.17. The summed E-state index contributed by atoms with van der Waals surface area (Å²) in [4.78, 5) is 0. The number of halogens is 3. The fraction of sp³-hybridized carbons (Fsp3) is 0.714. The Labute approximate surface area is 164 Å². The van der Waals surface area contributed by atoms with Gasteiger partial charge < -0.3 is 4.74 Å². The summed E-state index contributed by atoms with van der Waals surface area (Å²) in [7, 11) is 0. The van der Waals surface area contributed by atoms with Crippen molar-refractivity contribution >= 4 is 22.6 Å². The first-order valence-electron chi connectivity index (χ1n) is 9.79. The van der Waals surface area contributed by atoms with Gasteiger partial charge in [-0.15, -0.1) is 0 Å². The van der Waals surface area contributed by atoms with Crippen molar-refractivity contribution in [3.8, 4) is 5.75 Å². The highest BCUT2D eigenvalue weighted by Gasteiger charge is 2.24. The van der Waals surface area contributed by atoms with Gasteiger partial charge in [0.25, 0.3) is 0 Å². The van der Waals surface area contributed by atoms with E-state index in [1.54, 1.807) is 12.1 Å². The van der Waals surface area contributed by atoms with E-state index in [0.717, 1.165) is 15.8 Å². The summed E-state index contributed by atoms with van der Waals surface area (Å²) in [5.41, 5.74) is 1.28. The summed E-state index contributed by atoms with van der Waals surface area (Å²) in [5.74, 6) is 2.72. The predicted octanol–water partition coefficient (Wildman–Crippen LogP) is 7.34. The first-order valence-corrected chi connectivity index (χ1v) is 11.0. The molecule has 25 heavy (non-hydrogen) atoms. The largest absolute Gasteiger partial charge is 0.435 e. The maximum absolute atomic E-state index is 12.2. The molecular formula is C21H29F2IO. The normalized spacial score (nSPS) is 30.4. The topological polar surface area (TPSA) is 9.23 Å². The van der Waals surface area contributed by atoms with E-state index in [-0.39, 0.29) is 5.75 Å². The Bertz CT molecular complexity index is 503. The van der Waals surface area contributed by atoms with Crippen molar-refractivity contribution in [2.45, 2.75) is 80.7 Å². The third-order valence-electron chi connectivity index (χ3n) is 6.18. The average Bonchev–Trinajstić information content (AvgIpc) is 2.62. The standard InChI is InChI=1S/C21H29F2IO/c22-21(23)25-20-13-9-18(10-14-20)17-7-3-15(4-8-17)1-2-16-5-11-19(24)12-6-16/h9-10,13-17,19,21H,1-8,11-12H2. The summed E-state index contributed by atoms with van der Waals surface area (Å²) in [6.07, 6.45) is 13.7. The van der Waals surface area contributed by atoms with Gasteiger partial charge in [0.05, 0.1) is 0 Å². The smallest absolute Gasteiger partial charge is 0.387 e. The van der Waals surface area contributed by atoms with Crippen LogP contribution in [0.15, 0.2) is 24.3 Å². The van der Waals surface area contributed by atoms with E-state index in [9.17, 15) is 8.78 Å². The molecule has 2 saturated carbocycles. The van der Waals surface area contributed by atoms with Crippen LogP contribution in [0.4, 0.5) is 8.78 Å². The molecule has 2 aliphatic carbocycles. The molecule has 3 rings (SSSR count). The highest BCUT2D eigenvalue weighted by molar-refractivity contribution is 14.1. The Hall–Kier alpha value is -0.390. The number of hydrogen-bond donors (Lipinski definition) is 0. The molecule has 0 spiro atoms. The van der Waals surface area contributed by atoms with Gasteiger partial charge in [-0.3, -0.25) is 0 Å². The molecule has 2 fully saturated rings. The number of rotatable bonds is 6. The van der Waals surface area contributed by atoms with Crippen LogP contribution in [-0.4, -0.2) is 10.5 Å². The molecule has 0 amide bonds. The molecule has 0 aromatic heterocycles. The molecule has 0 radical (unpaired) electrons. The Morgan fingerprint density at radius 3 is 1.88 bits per heavy atom. The first kappa shape index (κ1) is 19.4. The van der Waals surface area contributed by atoms with Crippen LogP contribution in [-0.2, 0) is 0 Å². The van der Waals surface area contributed by atoms with Crippen LogP contribution in [0.2, 0.25) is 0 Å².